The molecular weight excluding hydrogens is 375 g/mol. The SMILES string of the molecule is NC(=O)C1(N2CCOCC2)CCN(Cc2ccc(N3CCOCC3)c(F)c2)CC1. The summed E-state index contributed by atoms with van der Waals surface area (Å²) >= 11 is 0. The first kappa shape index (κ1) is 20.5. The molecule has 0 atom stereocenters. The summed E-state index contributed by atoms with van der Waals surface area (Å²) in [7, 11) is 0. The van der Waals surface area contributed by atoms with Crippen LogP contribution in [0.4, 0.5) is 10.1 Å². The number of amides is 1. The molecule has 1 aromatic carbocycles. The summed E-state index contributed by atoms with van der Waals surface area (Å²) in [6.07, 6.45) is 1.41. The molecule has 0 spiro atoms. The molecule has 4 rings (SSSR count). The van der Waals surface area contributed by atoms with Crippen molar-refractivity contribution in [3.63, 3.8) is 0 Å². The molecule has 0 aromatic heterocycles. The second kappa shape index (κ2) is 8.95. The number of anilines is 1. The summed E-state index contributed by atoms with van der Waals surface area (Å²) in [6.45, 7) is 7.73. The van der Waals surface area contributed by atoms with Crippen LogP contribution in [0.1, 0.15) is 18.4 Å². The van der Waals surface area contributed by atoms with Gasteiger partial charge < -0.3 is 20.1 Å². The summed E-state index contributed by atoms with van der Waals surface area (Å²) in [5.41, 5.74) is 6.86. The highest BCUT2D eigenvalue weighted by molar-refractivity contribution is 5.84. The molecule has 3 fully saturated rings. The van der Waals surface area contributed by atoms with Crippen LogP contribution >= 0.6 is 0 Å². The number of hydrogen-bond donors (Lipinski definition) is 1. The van der Waals surface area contributed by atoms with Gasteiger partial charge in [-0.1, -0.05) is 6.07 Å². The fourth-order valence-electron chi connectivity index (χ4n) is 4.76. The maximum atomic E-state index is 14.7. The van der Waals surface area contributed by atoms with E-state index in [9.17, 15) is 9.18 Å². The average molecular weight is 407 g/mol. The summed E-state index contributed by atoms with van der Waals surface area (Å²) in [5.74, 6) is -0.416. The summed E-state index contributed by atoms with van der Waals surface area (Å²) in [6, 6.07) is 5.52. The minimum absolute atomic E-state index is 0.179. The molecule has 3 saturated heterocycles. The predicted molar refractivity (Wildman–Crippen MR) is 108 cm³/mol. The van der Waals surface area contributed by atoms with Crippen molar-refractivity contribution in [2.24, 2.45) is 5.73 Å². The van der Waals surface area contributed by atoms with E-state index in [2.05, 4.69) is 9.80 Å². The first-order chi connectivity index (χ1) is 14.1. The van der Waals surface area contributed by atoms with Crippen molar-refractivity contribution in [2.45, 2.75) is 24.9 Å². The van der Waals surface area contributed by atoms with Gasteiger partial charge in [-0.2, -0.15) is 0 Å². The fraction of sp³-hybridized carbons (Fsp3) is 0.667. The van der Waals surface area contributed by atoms with Gasteiger partial charge in [0.1, 0.15) is 11.4 Å². The lowest BCUT2D eigenvalue weighted by Gasteiger charge is -2.48. The second-order valence-electron chi connectivity index (χ2n) is 8.16. The van der Waals surface area contributed by atoms with Gasteiger partial charge in [-0.3, -0.25) is 14.6 Å². The monoisotopic (exact) mass is 406 g/mol. The Hall–Kier alpha value is -1.74. The maximum absolute atomic E-state index is 14.7. The van der Waals surface area contributed by atoms with E-state index in [1.165, 1.54) is 0 Å². The van der Waals surface area contributed by atoms with E-state index >= 15 is 0 Å². The van der Waals surface area contributed by atoms with Crippen LogP contribution in [-0.4, -0.2) is 86.9 Å². The number of halogens is 1. The van der Waals surface area contributed by atoms with E-state index in [1.54, 1.807) is 6.07 Å². The molecule has 0 aliphatic carbocycles. The normalized spacial score (nSPS) is 23.8. The summed E-state index contributed by atoms with van der Waals surface area (Å²) in [5, 5.41) is 0. The number of hydrogen-bond acceptors (Lipinski definition) is 6. The van der Waals surface area contributed by atoms with Crippen molar-refractivity contribution in [1.29, 1.82) is 0 Å². The standard InChI is InChI=1S/C21H31FN4O3/c22-18-15-17(1-2-19(18)25-7-11-28-12-8-25)16-24-5-3-21(4-6-24,20(23)27)26-9-13-29-14-10-26/h1-2,15H,3-14,16H2,(H2,23,27). The first-order valence-corrected chi connectivity index (χ1v) is 10.5. The van der Waals surface area contributed by atoms with Crippen molar-refractivity contribution in [3.8, 4) is 0 Å². The Morgan fingerprint density at radius 2 is 1.62 bits per heavy atom. The highest BCUT2D eigenvalue weighted by Crippen LogP contribution is 2.31. The van der Waals surface area contributed by atoms with Gasteiger partial charge in [-0.05, 0) is 30.5 Å². The largest absolute Gasteiger partial charge is 0.379 e. The van der Waals surface area contributed by atoms with Crippen LogP contribution in [0.2, 0.25) is 0 Å². The molecule has 1 amide bonds. The van der Waals surface area contributed by atoms with E-state index in [0.717, 1.165) is 44.8 Å². The van der Waals surface area contributed by atoms with E-state index < -0.39 is 5.54 Å². The summed E-state index contributed by atoms with van der Waals surface area (Å²) < 4.78 is 25.5. The van der Waals surface area contributed by atoms with Crippen LogP contribution in [-0.2, 0) is 20.8 Å². The van der Waals surface area contributed by atoms with Crippen LogP contribution in [0.25, 0.3) is 0 Å². The molecule has 29 heavy (non-hydrogen) atoms. The molecule has 2 N–H and O–H groups in total. The smallest absolute Gasteiger partial charge is 0.238 e. The molecule has 1 aromatic rings. The number of carbonyl (C=O) groups is 1. The molecule has 3 aliphatic heterocycles. The van der Waals surface area contributed by atoms with E-state index in [4.69, 9.17) is 15.2 Å². The van der Waals surface area contributed by atoms with Crippen LogP contribution in [0.15, 0.2) is 18.2 Å². The number of nitrogens with zero attached hydrogens (tertiary/aromatic N) is 3. The molecule has 0 radical (unpaired) electrons. The average Bonchev–Trinajstić information content (AvgIpc) is 2.75. The van der Waals surface area contributed by atoms with Gasteiger partial charge >= 0.3 is 0 Å². The summed E-state index contributed by atoms with van der Waals surface area (Å²) in [4.78, 5) is 18.8. The zero-order valence-electron chi connectivity index (χ0n) is 16.9. The Bertz CT molecular complexity index is 712. The van der Waals surface area contributed by atoms with Crippen LogP contribution in [0.3, 0.4) is 0 Å². The lowest BCUT2D eigenvalue weighted by molar-refractivity contribution is -0.138. The third kappa shape index (κ3) is 4.40. The van der Waals surface area contributed by atoms with Gasteiger partial charge in [-0.15, -0.1) is 0 Å². The third-order valence-electron chi connectivity index (χ3n) is 6.53. The third-order valence-corrected chi connectivity index (χ3v) is 6.53. The zero-order valence-corrected chi connectivity index (χ0v) is 16.9. The van der Waals surface area contributed by atoms with Crippen molar-refractivity contribution in [1.82, 2.24) is 9.80 Å². The Kier molecular flexibility index (Phi) is 6.34. The van der Waals surface area contributed by atoms with Gasteiger partial charge in [0.15, 0.2) is 0 Å². The Morgan fingerprint density at radius 3 is 2.21 bits per heavy atom. The number of morpholine rings is 2. The van der Waals surface area contributed by atoms with Gasteiger partial charge in [0.25, 0.3) is 0 Å². The quantitative estimate of drug-likeness (QED) is 0.781. The van der Waals surface area contributed by atoms with Crippen LogP contribution < -0.4 is 10.6 Å². The fourth-order valence-corrected chi connectivity index (χ4v) is 4.76. The number of likely N-dealkylation sites (tertiary alicyclic amines) is 1. The lowest BCUT2D eigenvalue weighted by Crippen LogP contribution is -2.64. The Balaban J connectivity index is 1.37. The minimum atomic E-state index is -0.578. The molecule has 7 nitrogen and oxygen atoms in total. The van der Waals surface area contributed by atoms with Gasteiger partial charge in [-0.25, -0.2) is 4.39 Å². The van der Waals surface area contributed by atoms with Crippen molar-refractivity contribution < 1.29 is 18.7 Å². The van der Waals surface area contributed by atoms with Gasteiger partial charge in [0.05, 0.1) is 32.1 Å². The van der Waals surface area contributed by atoms with Crippen LogP contribution in [0, 0.1) is 5.82 Å². The Labute approximate surface area is 171 Å². The number of ether oxygens (including phenoxy) is 2. The topological polar surface area (TPSA) is 71.3 Å². The molecule has 3 heterocycles. The lowest BCUT2D eigenvalue weighted by atomic mass is 9.84. The highest BCUT2D eigenvalue weighted by Gasteiger charge is 2.45. The first-order valence-electron chi connectivity index (χ1n) is 10.5. The predicted octanol–water partition coefficient (Wildman–Crippen LogP) is 0.814. The number of carbonyl (C=O) groups excluding carboxylic acids is 1. The van der Waals surface area contributed by atoms with E-state index in [-0.39, 0.29) is 11.7 Å². The zero-order chi connectivity index (χ0) is 20.3. The molecule has 3 aliphatic rings. The van der Waals surface area contributed by atoms with Gasteiger partial charge in [0.2, 0.25) is 5.91 Å². The minimum Gasteiger partial charge on any atom is -0.379 e. The molecule has 8 heteroatoms. The van der Waals surface area contributed by atoms with Gasteiger partial charge in [0, 0.05) is 45.8 Å². The number of rotatable bonds is 5. The molecule has 0 bridgehead atoms. The number of primary amides is 1. The maximum Gasteiger partial charge on any atom is 0.238 e. The molecule has 160 valence electrons. The number of piperidine rings is 1. The number of nitrogens with two attached hydrogens (primary N) is 1. The van der Waals surface area contributed by atoms with Crippen molar-refractivity contribution >= 4 is 11.6 Å². The van der Waals surface area contributed by atoms with E-state index in [0.29, 0.717) is 51.5 Å². The second-order valence-corrected chi connectivity index (χ2v) is 8.16. The van der Waals surface area contributed by atoms with Crippen molar-refractivity contribution in [2.75, 3.05) is 70.6 Å². The molecule has 0 unspecified atom stereocenters. The molecular formula is C21H31FN4O3. The molecule has 0 saturated carbocycles. The highest BCUT2D eigenvalue weighted by atomic mass is 19.1. The van der Waals surface area contributed by atoms with Crippen molar-refractivity contribution in [3.05, 3.63) is 29.6 Å². The number of benzene rings is 1. The Morgan fingerprint density at radius 1 is 1.00 bits per heavy atom. The van der Waals surface area contributed by atoms with E-state index in [1.807, 2.05) is 17.0 Å². The van der Waals surface area contributed by atoms with Crippen LogP contribution in [0.5, 0.6) is 0 Å².